The van der Waals surface area contributed by atoms with Gasteiger partial charge in [-0.05, 0) is 29.6 Å². The van der Waals surface area contributed by atoms with Gasteiger partial charge in [-0.3, -0.25) is 9.36 Å². The first-order valence-electron chi connectivity index (χ1n) is 6.12. The fourth-order valence-corrected chi connectivity index (χ4v) is 3.23. The maximum Gasteiger partial charge on any atom is 0.262 e. The SMILES string of the molecule is O=c1c2ccsc2ncn1C[C@H](O)c1cc(Cl)ccc1Cl. The van der Waals surface area contributed by atoms with Crippen molar-refractivity contribution in [3.63, 3.8) is 0 Å². The van der Waals surface area contributed by atoms with Crippen molar-refractivity contribution in [2.24, 2.45) is 0 Å². The number of thiophene rings is 1. The molecule has 1 aromatic carbocycles. The fourth-order valence-electron chi connectivity index (χ4n) is 2.08. The summed E-state index contributed by atoms with van der Waals surface area (Å²) >= 11 is 13.4. The van der Waals surface area contributed by atoms with Crippen molar-refractivity contribution in [1.29, 1.82) is 0 Å². The summed E-state index contributed by atoms with van der Waals surface area (Å²) in [7, 11) is 0. The number of hydrogen-bond donors (Lipinski definition) is 1. The van der Waals surface area contributed by atoms with E-state index in [-0.39, 0.29) is 12.1 Å². The molecular weight excluding hydrogens is 331 g/mol. The maximum absolute atomic E-state index is 12.3. The summed E-state index contributed by atoms with van der Waals surface area (Å²) in [6.45, 7) is 0.0671. The van der Waals surface area contributed by atoms with Crippen LogP contribution in [0.15, 0.2) is 40.8 Å². The van der Waals surface area contributed by atoms with Crippen LogP contribution >= 0.6 is 34.5 Å². The van der Waals surface area contributed by atoms with Crippen LogP contribution in [0.25, 0.3) is 10.2 Å². The van der Waals surface area contributed by atoms with Crippen molar-refractivity contribution in [2.75, 3.05) is 0 Å². The molecule has 0 aliphatic rings. The van der Waals surface area contributed by atoms with E-state index in [1.165, 1.54) is 22.2 Å². The van der Waals surface area contributed by atoms with E-state index in [4.69, 9.17) is 23.2 Å². The predicted molar refractivity (Wildman–Crippen MR) is 85.3 cm³/mol. The van der Waals surface area contributed by atoms with Crippen molar-refractivity contribution in [3.8, 4) is 0 Å². The van der Waals surface area contributed by atoms with E-state index in [2.05, 4.69) is 4.98 Å². The Morgan fingerprint density at radius 2 is 2.14 bits per heavy atom. The number of fused-ring (bicyclic) bond motifs is 1. The smallest absolute Gasteiger partial charge is 0.262 e. The summed E-state index contributed by atoms with van der Waals surface area (Å²) in [5, 5.41) is 13.5. The zero-order chi connectivity index (χ0) is 15.0. The van der Waals surface area contributed by atoms with Gasteiger partial charge >= 0.3 is 0 Å². The highest BCUT2D eigenvalue weighted by Crippen LogP contribution is 2.27. The van der Waals surface area contributed by atoms with E-state index in [9.17, 15) is 9.90 Å². The largest absolute Gasteiger partial charge is 0.386 e. The van der Waals surface area contributed by atoms with E-state index in [0.29, 0.717) is 25.8 Å². The second-order valence-corrected chi connectivity index (χ2v) is 6.26. The van der Waals surface area contributed by atoms with Gasteiger partial charge in [-0.15, -0.1) is 11.3 Å². The lowest BCUT2D eigenvalue weighted by molar-refractivity contribution is 0.155. The summed E-state index contributed by atoms with van der Waals surface area (Å²) in [6.07, 6.45) is 0.495. The molecule has 0 spiro atoms. The Kier molecular flexibility index (Phi) is 3.99. The number of nitrogens with zero attached hydrogens (tertiary/aromatic N) is 2. The molecule has 21 heavy (non-hydrogen) atoms. The molecule has 0 amide bonds. The first-order valence-corrected chi connectivity index (χ1v) is 7.75. The van der Waals surface area contributed by atoms with Crippen LogP contribution in [0, 0.1) is 0 Å². The quantitative estimate of drug-likeness (QED) is 0.793. The molecule has 3 rings (SSSR count). The molecule has 0 aliphatic carbocycles. The number of halogens is 2. The third kappa shape index (κ3) is 2.82. The molecule has 4 nitrogen and oxygen atoms in total. The Hall–Kier alpha value is -1.40. The molecule has 1 N–H and O–H groups in total. The fraction of sp³-hybridized carbons (Fsp3) is 0.143. The van der Waals surface area contributed by atoms with Crippen LogP contribution in [0.2, 0.25) is 10.0 Å². The molecule has 0 saturated carbocycles. The number of rotatable bonds is 3. The Morgan fingerprint density at radius 1 is 1.33 bits per heavy atom. The van der Waals surface area contributed by atoms with Gasteiger partial charge in [0, 0.05) is 15.6 Å². The highest BCUT2D eigenvalue weighted by Gasteiger charge is 2.15. The Morgan fingerprint density at radius 3 is 2.95 bits per heavy atom. The molecule has 2 heterocycles. The maximum atomic E-state index is 12.3. The van der Waals surface area contributed by atoms with Gasteiger partial charge in [-0.2, -0.15) is 0 Å². The van der Waals surface area contributed by atoms with Crippen LogP contribution in [0.5, 0.6) is 0 Å². The van der Waals surface area contributed by atoms with E-state index >= 15 is 0 Å². The molecule has 0 radical (unpaired) electrons. The average molecular weight is 341 g/mol. The molecule has 1 atom stereocenters. The molecule has 0 unspecified atom stereocenters. The summed E-state index contributed by atoms with van der Waals surface area (Å²) in [5.74, 6) is 0. The van der Waals surface area contributed by atoms with Gasteiger partial charge in [0.25, 0.3) is 5.56 Å². The van der Waals surface area contributed by atoms with Gasteiger partial charge in [0.15, 0.2) is 0 Å². The molecule has 108 valence electrons. The molecule has 0 fully saturated rings. The van der Waals surface area contributed by atoms with Crippen molar-refractivity contribution >= 4 is 44.8 Å². The normalized spacial score (nSPS) is 12.7. The van der Waals surface area contributed by atoms with Gasteiger partial charge in [-0.25, -0.2) is 4.98 Å². The van der Waals surface area contributed by atoms with Crippen molar-refractivity contribution in [1.82, 2.24) is 9.55 Å². The number of aliphatic hydroxyl groups is 1. The van der Waals surface area contributed by atoms with Crippen LogP contribution in [0.4, 0.5) is 0 Å². The topological polar surface area (TPSA) is 55.1 Å². The van der Waals surface area contributed by atoms with Gasteiger partial charge in [0.1, 0.15) is 4.83 Å². The molecule has 0 aliphatic heterocycles. The average Bonchev–Trinajstić information content (AvgIpc) is 2.93. The minimum Gasteiger partial charge on any atom is -0.386 e. The first-order chi connectivity index (χ1) is 10.1. The molecule has 3 aromatic rings. The van der Waals surface area contributed by atoms with E-state index < -0.39 is 6.10 Å². The second kappa shape index (κ2) is 5.77. The molecule has 0 bridgehead atoms. The predicted octanol–water partition coefficient (Wildman–Crippen LogP) is 3.50. The lowest BCUT2D eigenvalue weighted by Crippen LogP contribution is -2.23. The van der Waals surface area contributed by atoms with Gasteiger partial charge in [-0.1, -0.05) is 23.2 Å². The Labute approximate surface area is 134 Å². The van der Waals surface area contributed by atoms with E-state index in [1.807, 2.05) is 5.38 Å². The van der Waals surface area contributed by atoms with Gasteiger partial charge in [0.2, 0.25) is 0 Å². The summed E-state index contributed by atoms with van der Waals surface area (Å²) < 4.78 is 1.37. The first kappa shape index (κ1) is 14.5. The summed E-state index contributed by atoms with van der Waals surface area (Å²) in [5.41, 5.74) is 0.305. The summed E-state index contributed by atoms with van der Waals surface area (Å²) in [6, 6.07) is 6.58. The van der Waals surface area contributed by atoms with E-state index in [1.54, 1.807) is 24.3 Å². The van der Waals surface area contributed by atoms with Gasteiger partial charge in [0.05, 0.1) is 24.4 Å². The number of aliphatic hydroxyl groups excluding tert-OH is 1. The van der Waals surface area contributed by atoms with Crippen LogP contribution in [-0.2, 0) is 6.54 Å². The minimum absolute atomic E-state index is 0.0671. The van der Waals surface area contributed by atoms with Crippen LogP contribution in [0.3, 0.4) is 0 Å². The Balaban J connectivity index is 1.96. The van der Waals surface area contributed by atoms with Crippen molar-refractivity contribution in [3.05, 3.63) is 61.9 Å². The third-order valence-corrected chi connectivity index (χ3v) is 4.54. The van der Waals surface area contributed by atoms with Crippen LogP contribution in [0.1, 0.15) is 11.7 Å². The monoisotopic (exact) mass is 340 g/mol. The molecular formula is C14H10Cl2N2O2S. The van der Waals surface area contributed by atoms with E-state index in [0.717, 1.165) is 0 Å². The lowest BCUT2D eigenvalue weighted by Gasteiger charge is -2.14. The van der Waals surface area contributed by atoms with Crippen LogP contribution < -0.4 is 5.56 Å². The highest BCUT2D eigenvalue weighted by molar-refractivity contribution is 7.16. The van der Waals surface area contributed by atoms with Gasteiger partial charge < -0.3 is 5.11 Å². The van der Waals surface area contributed by atoms with Crippen molar-refractivity contribution < 1.29 is 5.11 Å². The highest BCUT2D eigenvalue weighted by atomic mass is 35.5. The molecule has 0 saturated heterocycles. The van der Waals surface area contributed by atoms with Crippen LogP contribution in [-0.4, -0.2) is 14.7 Å². The minimum atomic E-state index is -0.938. The third-order valence-electron chi connectivity index (χ3n) is 3.14. The lowest BCUT2D eigenvalue weighted by atomic mass is 10.1. The number of hydrogen-bond acceptors (Lipinski definition) is 4. The molecule has 7 heteroatoms. The number of benzene rings is 1. The zero-order valence-corrected chi connectivity index (χ0v) is 13.0. The second-order valence-electron chi connectivity index (χ2n) is 4.52. The van der Waals surface area contributed by atoms with Crippen molar-refractivity contribution in [2.45, 2.75) is 12.6 Å². The number of aromatic nitrogens is 2. The summed E-state index contributed by atoms with van der Waals surface area (Å²) in [4.78, 5) is 17.2. The molecule has 2 aromatic heterocycles. The standard InChI is InChI=1S/C14H10Cl2N2O2S/c15-8-1-2-11(16)10(5-8)12(19)6-18-7-17-13-9(14(18)20)3-4-21-13/h1-5,7,12,19H,6H2/t12-/m0/s1. The Bertz CT molecular complexity index is 860. The zero-order valence-electron chi connectivity index (χ0n) is 10.7.